The van der Waals surface area contributed by atoms with Crippen LogP contribution in [-0.4, -0.2) is 35.2 Å². The number of thioether (sulfide) groups is 1. The van der Waals surface area contributed by atoms with Crippen molar-refractivity contribution in [1.29, 1.82) is 0 Å². The van der Waals surface area contributed by atoms with Crippen LogP contribution in [0.3, 0.4) is 0 Å². The van der Waals surface area contributed by atoms with Gasteiger partial charge in [-0.15, -0.1) is 0 Å². The van der Waals surface area contributed by atoms with Crippen LogP contribution in [-0.2, 0) is 4.79 Å². The van der Waals surface area contributed by atoms with Crippen LogP contribution in [0.5, 0.6) is 0 Å². The Morgan fingerprint density at radius 1 is 1.54 bits per heavy atom. The first-order chi connectivity index (χ1) is 6.07. The van der Waals surface area contributed by atoms with Crippen LogP contribution in [0.15, 0.2) is 0 Å². The molecule has 13 heavy (non-hydrogen) atoms. The molecule has 0 amide bonds. The van der Waals surface area contributed by atoms with Crippen LogP contribution in [0.4, 0.5) is 0 Å². The molecular formula is C9H19NO2S. The zero-order chi connectivity index (χ0) is 10.3. The first kappa shape index (κ1) is 12.8. The zero-order valence-corrected chi connectivity index (χ0v) is 9.36. The SMILES string of the molecule is CSCCCC(NC(C)C)C(=O)O. The smallest absolute Gasteiger partial charge is 0.320 e. The largest absolute Gasteiger partial charge is 0.480 e. The molecule has 0 bridgehead atoms. The van der Waals surface area contributed by atoms with Crippen LogP contribution in [0.1, 0.15) is 26.7 Å². The lowest BCUT2D eigenvalue weighted by molar-refractivity contribution is -0.139. The van der Waals surface area contributed by atoms with E-state index in [1.54, 1.807) is 11.8 Å². The van der Waals surface area contributed by atoms with Gasteiger partial charge in [-0.3, -0.25) is 4.79 Å². The number of carbonyl (C=O) groups is 1. The van der Waals surface area contributed by atoms with E-state index in [0.29, 0.717) is 6.42 Å². The Morgan fingerprint density at radius 3 is 2.54 bits per heavy atom. The second-order valence-corrected chi connectivity index (χ2v) is 4.33. The lowest BCUT2D eigenvalue weighted by Gasteiger charge is -2.16. The number of aliphatic carboxylic acids is 1. The molecule has 3 nitrogen and oxygen atoms in total. The third kappa shape index (κ3) is 6.90. The molecule has 0 fully saturated rings. The van der Waals surface area contributed by atoms with E-state index in [1.807, 2.05) is 20.1 Å². The summed E-state index contributed by atoms with van der Waals surface area (Å²) < 4.78 is 0. The molecule has 1 unspecified atom stereocenters. The van der Waals surface area contributed by atoms with Crippen molar-refractivity contribution in [3.05, 3.63) is 0 Å². The average Bonchev–Trinajstić information content (AvgIpc) is 2.02. The highest BCUT2D eigenvalue weighted by molar-refractivity contribution is 7.98. The van der Waals surface area contributed by atoms with Crippen LogP contribution in [0, 0.1) is 0 Å². The van der Waals surface area contributed by atoms with Crippen molar-refractivity contribution in [3.63, 3.8) is 0 Å². The van der Waals surface area contributed by atoms with E-state index in [1.165, 1.54) is 0 Å². The predicted octanol–water partition coefficient (Wildman–Crippen LogP) is 1.58. The van der Waals surface area contributed by atoms with Gasteiger partial charge in [0.15, 0.2) is 0 Å². The number of carboxylic acid groups (broad SMARTS) is 1. The van der Waals surface area contributed by atoms with E-state index < -0.39 is 5.97 Å². The van der Waals surface area contributed by atoms with Crippen LogP contribution in [0.25, 0.3) is 0 Å². The fourth-order valence-electron chi connectivity index (χ4n) is 1.11. The summed E-state index contributed by atoms with van der Waals surface area (Å²) in [5.74, 6) is 0.290. The van der Waals surface area contributed by atoms with Crippen LogP contribution >= 0.6 is 11.8 Å². The first-order valence-electron chi connectivity index (χ1n) is 4.55. The summed E-state index contributed by atoms with van der Waals surface area (Å²) in [5, 5.41) is 11.9. The Balaban J connectivity index is 3.74. The second kappa shape index (κ2) is 7.21. The highest BCUT2D eigenvalue weighted by atomic mass is 32.2. The Bertz CT molecular complexity index is 151. The summed E-state index contributed by atoms with van der Waals surface area (Å²) >= 11 is 1.75. The van der Waals surface area contributed by atoms with E-state index in [9.17, 15) is 4.79 Å². The Hall–Kier alpha value is -0.220. The van der Waals surface area contributed by atoms with Crippen molar-refractivity contribution in [2.75, 3.05) is 12.0 Å². The third-order valence-corrected chi connectivity index (χ3v) is 2.37. The standard InChI is InChI=1S/C9H19NO2S/c1-7(2)10-8(9(11)12)5-4-6-13-3/h7-8,10H,4-6H2,1-3H3,(H,11,12). The number of rotatable bonds is 7. The molecule has 0 aliphatic carbocycles. The number of hydrogen-bond donors (Lipinski definition) is 2. The molecule has 0 heterocycles. The Labute approximate surface area is 84.3 Å². The van der Waals surface area contributed by atoms with Crippen molar-refractivity contribution in [3.8, 4) is 0 Å². The van der Waals surface area contributed by atoms with Gasteiger partial charge in [0.05, 0.1) is 0 Å². The predicted molar refractivity (Wildman–Crippen MR) is 57.3 cm³/mol. The number of carboxylic acids is 1. The molecule has 0 radical (unpaired) electrons. The van der Waals surface area contributed by atoms with Crippen LogP contribution < -0.4 is 5.32 Å². The van der Waals surface area contributed by atoms with Gasteiger partial charge in [-0.2, -0.15) is 11.8 Å². The lowest BCUT2D eigenvalue weighted by Crippen LogP contribution is -2.40. The Kier molecular flexibility index (Phi) is 7.09. The Morgan fingerprint density at radius 2 is 2.15 bits per heavy atom. The van der Waals surface area contributed by atoms with Gasteiger partial charge in [-0.1, -0.05) is 13.8 Å². The van der Waals surface area contributed by atoms with Crippen molar-refractivity contribution in [2.45, 2.75) is 38.8 Å². The van der Waals surface area contributed by atoms with Gasteiger partial charge >= 0.3 is 5.97 Å². The van der Waals surface area contributed by atoms with Gasteiger partial charge in [0, 0.05) is 6.04 Å². The second-order valence-electron chi connectivity index (χ2n) is 3.35. The van der Waals surface area contributed by atoms with Gasteiger partial charge in [-0.05, 0) is 24.9 Å². The van der Waals surface area contributed by atoms with Gasteiger partial charge in [0.2, 0.25) is 0 Å². The normalized spacial score (nSPS) is 13.2. The van der Waals surface area contributed by atoms with Crippen molar-refractivity contribution in [2.24, 2.45) is 0 Å². The topological polar surface area (TPSA) is 49.3 Å². The van der Waals surface area contributed by atoms with Crippen molar-refractivity contribution in [1.82, 2.24) is 5.32 Å². The quantitative estimate of drug-likeness (QED) is 0.620. The summed E-state index contributed by atoms with van der Waals surface area (Å²) in [6, 6.07) is -0.150. The maximum absolute atomic E-state index is 10.8. The lowest BCUT2D eigenvalue weighted by atomic mass is 10.1. The van der Waals surface area contributed by atoms with E-state index in [-0.39, 0.29) is 12.1 Å². The van der Waals surface area contributed by atoms with Crippen molar-refractivity contribution < 1.29 is 9.90 Å². The molecule has 0 spiro atoms. The summed E-state index contributed by atoms with van der Waals surface area (Å²) in [6.07, 6.45) is 3.71. The molecule has 0 aromatic heterocycles. The molecule has 0 aromatic carbocycles. The van der Waals surface area contributed by atoms with E-state index in [2.05, 4.69) is 5.32 Å². The van der Waals surface area contributed by atoms with Crippen molar-refractivity contribution >= 4 is 17.7 Å². The molecular weight excluding hydrogens is 186 g/mol. The minimum atomic E-state index is -0.741. The molecule has 78 valence electrons. The van der Waals surface area contributed by atoms with E-state index in [0.717, 1.165) is 12.2 Å². The monoisotopic (exact) mass is 205 g/mol. The molecule has 0 rings (SSSR count). The van der Waals surface area contributed by atoms with Gasteiger partial charge in [-0.25, -0.2) is 0 Å². The van der Waals surface area contributed by atoms with E-state index in [4.69, 9.17) is 5.11 Å². The summed E-state index contributed by atoms with van der Waals surface area (Å²) in [5.41, 5.74) is 0. The molecule has 0 aliphatic heterocycles. The maximum atomic E-state index is 10.8. The minimum absolute atomic E-state index is 0.232. The molecule has 4 heteroatoms. The number of nitrogens with one attached hydrogen (secondary N) is 1. The highest BCUT2D eigenvalue weighted by Gasteiger charge is 2.16. The van der Waals surface area contributed by atoms with Gasteiger partial charge < -0.3 is 10.4 Å². The molecule has 0 aromatic rings. The van der Waals surface area contributed by atoms with E-state index >= 15 is 0 Å². The fraction of sp³-hybridized carbons (Fsp3) is 0.889. The average molecular weight is 205 g/mol. The van der Waals surface area contributed by atoms with Crippen LogP contribution in [0.2, 0.25) is 0 Å². The summed E-state index contributed by atoms with van der Waals surface area (Å²) in [4.78, 5) is 10.8. The first-order valence-corrected chi connectivity index (χ1v) is 5.95. The molecule has 2 N–H and O–H groups in total. The summed E-state index contributed by atoms with van der Waals surface area (Å²) in [6.45, 7) is 3.93. The number of hydrogen-bond acceptors (Lipinski definition) is 3. The highest BCUT2D eigenvalue weighted by Crippen LogP contribution is 2.04. The summed E-state index contributed by atoms with van der Waals surface area (Å²) in [7, 11) is 0. The molecule has 0 saturated carbocycles. The van der Waals surface area contributed by atoms with Gasteiger partial charge in [0.25, 0.3) is 0 Å². The fourth-order valence-corrected chi connectivity index (χ4v) is 1.57. The third-order valence-electron chi connectivity index (χ3n) is 1.67. The van der Waals surface area contributed by atoms with Gasteiger partial charge in [0.1, 0.15) is 6.04 Å². The molecule has 1 atom stereocenters. The molecule has 0 saturated heterocycles. The molecule has 0 aliphatic rings. The zero-order valence-electron chi connectivity index (χ0n) is 8.54. The minimum Gasteiger partial charge on any atom is -0.480 e. The maximum Gasteiger partial charge on any atom is 0.320 e.